The summed E-state index contributed by atoms with van der Waals surface area (Å²) in [6, 6.07) is 4.72. The highest BCUT2D eigenvalue weighted by Gasteiger charge is 2.38. The van der Waals surface area contributed by atoms with Crippen LogP contribution in [0.2, 0.25) is 0 Å². The number of hydrogen-bond donors (Lipinski definition) is 2. The van der Waals surface area contributed by atoms with E-state index in [1.807, 2.05) is 19.1 Å². The van der Waals surface area contributed by atoms with E-state index in [1.165, 1.54) is 4.90 Å². The number of anilines is 1. The van der Waals surface area contributed by atoms with Crippen molar-refractivity contribution in [3.05, 3.63) is 28.2 Å². The normalized spacial score (nSPS) is 21.1. The highest BCUT2D eigenvalue weighted by molar-refractivity contribution is 9.10. The molecule has 2 N–H and O–H groups in total. The Labute approximate surface area is 131 Å². The summed E-state index contributed by atoms with van der Waals surface area (Å²) in [5.74, 6) is -1.64. The van der Waals surface area contributed by atoms with E-state index < -0.39 is 17.9 Å². The molecule has 0 saturated carbocycles. The second-order valence-corrected chi connectivity index (χ2v) is 5.82. The molecule has 0 aliphatic carbocycles. The lowest BCUT2D eigenvalue weighted by Gasteiger charge is -2.26. The number of nitrogens with one attached hydrogen (secondary N) is 1. The molecular weight excluding hydrogens is 340 g/mol. The number of aliphatic carboxylic acids is 1. The van der Waals surface area contributed by atoms with Crippen molar-refractivity contribution in [2.75, 3.05) is 25.6 Å². The molecule has 21 heavy (non-hydrogen) atoms. The number of carboxylic acid groups (broad SMARTS) is 1. The Morgan fingerprint density at radius 3 is 2.81 bits per heavy atom. The molecule has 1 saturated heterocycles. The number of carboxylic acids is 1. The number of benzene rings is 1. The van der Waals surface area contributed by atoms with Crippen LogP contribution in [0.25, 0.3) is 0 Å². The minimum absolute atomic E-state index is 0.131. The van der Waals surface area contributed by atoms with Crippen LogP contribution in [0.1, 0.15) is 5.56 Å². The zero-order valence-electron chi connectivity index (χ0n) is 11.8. The zero-order chi connectivity index (χ0) is 15.6. The number of halogens is 1. The van der Waals surface area contributed by atoms with Gasteiger partial charge in [0, 0.05) is 11.5 Å². The molecule has 1 aliphatic heterocycles. The quantitative estimate of drug-likeness (QED) is 0.870. The smallest absolute Gasteiger partial charge is 0.321 e. The molecule has 1 aliphatic rings. The van der Waals surface area contributed by atoms with Gasteiger partial charge in [-0.3, -0.25) is 4.79 Å². The minimum atomic E-state index is -0.950. The van der Waals surface area contributed by atoms with Crippen molar-refractivity contribution in [2.45, 2.75) is 13.0 Å². The van der Waals surface area contributed by atoms with Crippen LogP contribution >= 0.6 is 15.9 Å². The second kappa shape index (κ2) is 6.44. The van der Waals surface area contributed by atoms with Crippen LogP contribution < -0.4 is 5.32 Å². The van der Waals surface area contributed by atoms with Crippen molar-refractivity contribution in [1.82, 2.24) is 4.90 Å². The van der Waals surface area contributed by atoms with Crippen molar-refractivity contribution >= 4 is 33.6 Å². The van der Waals surface area contributed by atoms with Crippen molar-refractivity contribution in [3.63, 3.8) is 0 Å². The number of amides is 2. The van der Waals surface area contributed by atoms with Gasteiger partial charge in [0.2, 0.25) is 0 Å². The van der Waals surface area contributed by atoms with Gasteiger partial charge in [-0.1, -0.05) is 12.1 Å². The SMILES string of the molecule is Cc1cccc(NC(=O)N(C)C2COCC2C(=O)O)c1Br. The van der Waals surface area contributed by atoms with Crippen LogP contribution in [-0.4, -0.2) is 48.3 Å². The Morgan fingerprint density at radius 1 is 1.43 bits per heavy atom. The third-order valence-electron chi connectivity index (χ3n) is 3.62. The maximum absolute atomic E-state index is 12.3. The minimum Gasteiger partial charge on any atom is -0.481 e. The fourth-order valence-electron chi connectivity index (χ4n) is 2.26. The van der Waals surface area contributed by atoms with Gasteiger partial charge < -0.3 is 20.1 Å². The summed E-state index contributed by atoms with van der Waals surface area (Å²) in [4.78, 5) is 24.8. The molecule has 1 aromatic carbocycles. The van der Waals surface area contributed by atoms with Crippen LogP contribution in [0, 0.1) is 12.8 Å². The van der Waals surface area contributed by atoms with Gasteiger partial charge >= 0.3 is 12.0 Å². The van der Waals surface area contributed by atoms with Gasteiger partial charge in [0.1, 0.15) is 5.92 Å². The number of carbonyl (C=O) groups is 2. The van der Waals surface area contributed by atoms with Crippen LogP contribution in [-0.2, 0) is 9.53 Å². The third kappa shape index (κ3) is 3.36. The van der Waals surface area contributed by atoms with Crippen molar-refractivity contribution in [2.24, 2.45) is 5.92 Å². The Balaban J connectivity index is 2.09. The summed E-state index contributed by atoms with van der Waals surface area (Å²) in [6.45, 7) is 2.29. The van der Waals surface area contributed by atoms with Crippen LogP contribution in [0.15, 0.2) is 22.7 Å². The second-order valence-electron chi connectivity index (χ2n) is 5.03. The molecule has 7 heteroatoms. The van der Waals surface area contributed by atoms with E-state index in [-0.39, 0.29) is 19.2 Å². The fraction of sp³-hybridized carbons (Fsp3) is 0.429. The lowest BCUT2D eigenvalue weighted by molar-refractivity contribution is -0.142. The molecule has 1 aromatic rings. The van der Waals surface area contributed by atoms with Gasteiger partial charge in [0.25, 0.3) is 0 Å². The zero-order valence-corrected chi connectivity index (χ0v) is 13.4. The molecule has 0 radical (unpaired) electrons. The van der Waals surface area contributed by atoms with Crippen molar-refractivity contribution in [1.29, 1.82) is 0 Å². The van der Waals surface area contributed by atoms with Crippen molar-refractivity contribution < 1.29 is 19.4 Å². The van der Waals surface area contributed by atoms with E-state index >= 15 is 0 Å². The first kappa shape index (κ1) is 15.8. The van der Waals surface area contributed by atoms with E-state index in [1.54, 1.807) is 13.1 Å². The van der Waals surface area contributed by atoms with E-state index in [2.05, 4.69) is 21.2 Å². The number of aryl methyl sites for hydroxylation is 1. The maximum atomic E-state index is 12.3. The first-order valence-corrected chi connectivity index (χ1v) is 7.30. The van der Waals surface area contributed by atoms with Gasteiger partial charge in [-0.2, -0.15) is 0 Å². The maximum Gasteiger partial charge on any atom is 0.321 e. The average Bonchev–Trinajstić information content (AvgIpc) is 2.92. The molecule has 0 bridgehead atoms. The Hall–Kier alpha value is -1.60. The fourth-order valence-corrected chi connectivity index (χ4v) is 2.62. The number of carbonyl (C=O) groups excluding carboxylic acids is 1. The molecular formula is C14H17BrN2O4. The van der Waals surface area contributed by atoms with Gasteiger partial charge in [-0.15, -0.1) is 0 Å². The largest absolute Gasteiger partial charge is 0.481 e. The summed E-state index contributed by atoms with van der Waals surface area (Å²) in [7, 11) is 1.58. The number of urea groups is 1. The number of rotatable bonds is 3. The molecule has 6 nitrogen and oxygen atoms in total. The highest BCUT2D eigenvalue weighted by atomic mass is 79.9. The van der Waals surface area contributed by atoms with E-state index in [0.717, 1.165) is 10.0 Å². The third-order valence-corrected chi connectivity index (χ3v) is 4.67. The molecule has 1 fully saturated rings. The summed E-state index contributed by atoms with van der Waals surface area (Å²) in [5, 5.41) is 11.9. The summed E-state index contributed by atoms with van der Waals surface area (Å²) < 4.78 is 5.99. The number of likely N-dealkylation sites (N-methyl/N-ethyl adjacent to an activating group) is 1. The van der Waals surface area contributed by atoms with Gasteiger partial charge in [-0.05, 0) is 34.5 Å². The van der Waals surface area contributed by atoms with Gasteiger partial charge in [-0.25, -0.2) is 4.79 Å². The lowest BCUT2D eigenvalue weighted by Crippen LogP contribution is -2.46. The molecule has 0 spiro atoms. The van der Waals surface area contributed by atoms with E-state index in [0.29, 0.717) is 5.69 Å². The molecule has 2 amide bonds. The summed E-state index contributed by atoms with van der Waals surface area (Å²) in [5.41, 5.74) is 1.65. The first-order chi connectivity index (χ1) is 9.91. The molecule has 2 rings (SSSR count). The molecule has 114 valence electrons. The molecule has 1 heterocycles. The summed E-state index contributed by atoms with van der Waals surface area (Å²) in [6.07, 6.45) is 0. The summed E-state index contributed by atoms with van der Waals surface area (Å²) >= 11 is 3.42. The molecule has 0 aromatic heterocycles. The topological polar surface area (TPSA) is 78.9 Å². The van der Waals surface area contributed by atoms with Crippen LogP contribution in [0.3, 0.4) is 0 Å². The highest BCUT2D eigenvalue weighted by Crippen LogP contribution is 2.26. The number of ether oxygens (including phenoxy) is 1. The van der Waals surface area contributed by atoms with Gasteiger partial charge in [0.15, 0.2) is 0 Å². The lowest BCUT2D eigenvalue weighted by atomic mass is 10.0. The Kier molecular flexibility index (Phi) is 4.84. The average molecular weight is 357 g/mol. The van der Waals surface area contributed by atoms with E-state index in [9.17, 15) is 9.59 Å². The van der Waals surface area contributed by atoms with Crippen LogP contribution in [0.4, 0.5) is 10.5 Å². The van der Waals surface area contributed by atoms with Crippen molar-refractivity contribution in [3.8, 4) is 0 Å². The Morgan fingerprint density at radius 2 is 2.14 bits per heavy atom. The predicted molar refractivity (Wildman–Crippen MR) is 81.4 cm³/mol. The van der Waals surface area contributed by atoms with Crippen LogP contribution in [0.5, 0.6) is 0 Å². The monoisotopic (exact) mass is 356 g/mol. The molecule has 2 atom stereocenters. The first-order valence-electron chi connectivity index (χ1n) is 6.51. The Bertz CT molecular complexity index is 564. The van der Waals surface area contributed by atoms with Gasteiger partial charge in [0.05, 0.1) is 24.9 Å². The number of hydrogen-bond acceptors (Lipinski definition) is 3. The standard InChI is InChI=1S/C14H17BrN2O4/c1-8-4-3-5-10(12(8)15)16-14(20)17(2)11-7-21-6-9(11)13(18)19/h3-5,9,11H,6-7H2,1-2H3,(H,16,20)(H,18,19). The predicted octanol–water partition coefficient (Wildman–Crippen LogP) is 2.32. The number of nitrogens with zero attached hydrogens (tertiary/aromatic N) is 1. The molecule has 2 unspecified atom stereocenters. The van der Waals surface area contributed by atoms with E-state index in [4.69, 9.17) is 9.84 Å².